The lowest BCUT2D eigenvalue weighted by molar-refractivity contribution is 0.410. The topological polar surface area (TPSA) is 63.0 Å². The van der Waals surface area contributed by atoms with Crippen molar-refractivity contribution in [3.05, 3.63) is 76.9 Å². The van der Waals surface area contributed by atoms with Crippen LogP contribution in [0.3, 0.4) is 0 Å². The predicted octanol–water partition coefficient (Wildman–Crippen LogP) is 5.97. The summed E-state index contributed by atoms with van der Waals surface area (Å²) in [6, 6.07) is 13.5. The van der Waals surface area contributed by atoms with E-state index in [9.17, 15) is 8.78 Å². The minimum Gasteiger partial charge on any atom is -0.379 e. The van der Waals surface area contributed by atoms with Gasteiger partial charge in [-0.1, -0.05) is 29.8 Å². The summed E-state index contributed by atoms with van der Waals surface area (Å²) < 4.78 is 27.8. The molecule has 1 fully saturated rings. The van der Waals surface area contributed by atoms with Gasteiger partial charge in [-0.15, -0.1) is 0 Å². The van der Waals surface area contributed by atoms with Gasteiger partial charge in [0.25, 0.3) is 0 Å². The van der Waals surface area contributed by atoms with E-state index < -0.39 is 0 Å². The zero-order valence-electron chi connectivity index (χ0n) is 17.0. The molecule has 0 spiro atoms. The molecular formula is C24H25ClF2N4. The highest BCUT2D eigenvalue weighted by Gasteiger charge is 2.19. The Morgan fingerprint density at radius 3 is 2.61 bits per heavy atom. The van der Waals surface area contributed by atoms with Gasteiger partial charge in [-0.05, 0) is 67.1 Å². The molecule has 1 aliphatic carbocycles. The molecule has 0 saturated heterocycles. The number of hydrogen-bond acceptors (Lipinski definition) is 4. The van der Waals surface area contributed by atoms with Crippen molar-refractivity contribution in [2.45, 2.75) is 44.3 Å². The summed E-state index contributed by atoms with van der Waals surface area (Å²) in [4.78, 5) is 4.40. The lowest BCUT2D eigenvalue weighted by Gasteiger charge is -2.27. The van der Waals surface area contributed by atoms with Gasteiger partial charge < -0.3 is 16.4 Å². The zero-order valence-corrected chi connectivity index (χ0v) is 17.8. The molecule has 1 saturated carbocycles. The molecule has 4 N–H and O–H groups in total. The first-order chi connectivity index (χ1) is 15.0. The van der Waals surface area contributed by atoms with Crippen LogP contribution in [0.2, 0.25) is 5.02 Å². The second kappa shape index (κ2) is 9.62. The van der Waals surface area contributed by atoms with Gasteiger partial charge in [-0.25, -0.2) is 13.8 Å². The largest absolute Gasteiger partial charge is 0.379 e. The third kappa shape index (κ3) is 5.51. The highest BCUT2D eigenvalue weighted by atomic mass is 35.5. The molecule has 3 aromatic rings. The van der Waals surface area contributed by atoms with Crippen LogP contribution in [0.1, 0.15) is 31.2 Å². The zero-order chi connectivity index (χ0) is 21.8. The average molecular weight is 443 g/mol. The number of nitrogens with two attached hydrogens (primary N) is 1. The third-order valence-electron chi connectivity index (χ3n) is 5.63. The Morgan fingerprint density at radius 1 is 1.03 bits per heavy atom. The van der Waals surface area contributed by atoms with Gasteiger partial charge in [-0.3, -0.25) is 0 Å². The van der Waals surface area contributed by atoms with Gasteiger partial charge in [0.2, 0.25) is 0 Å². The van der Waals surface area contributed by atoms with Crippen molar-refractivity contribution in [1.29, 1.82) is 0 Å². The molecule has 0 amide bonds. The Morgan fingerprint density at radius 2 is 1.84 bits per heavy atom. The number of hydrogen-bond donors (Lipinski definition) is 3. The quantitative estimate of drug-likeness (QED) is 0.439. The van der Waals surface area contributed by atoms with Crippen LogP contribution in [0.25, 0.3) is 11.1 Å². The van der Waals surface area contributed by atoms with E-state index in [-0.39, 0.29) is 17.7 Å². The molecule has 31 heavy (non-hydrogen) atoms. The van der Waals surface area contributed by atoms with Crippen LogP contribution < -0.4 is 16.4 Å². The van der Waals surface area contributed by atoms with Gasteiger partial charge in [0.15, 0.2) is 0 Å². The number of aromatic nitrogens is 1. The number of anilines is 2. The Kier molecular flexibility index (Phi) is 6.68. The van der Waals surface area contributed by atoms with Crippen LogP contribution in [0.4, 0.5) is 20.3 Å². The molecule has 4 rings (SSSR count). The predicted molar refractivity (Wildman–Crippen MR) is 122 cm³/mol. The molecule has 0 bridgehead atoms. The lowest BCUT2D eigenvalue weighted by Crippen LogP contribution is -2.33. The third-order valence-corrected chi connectivity index (χ3v) is 5.93. The monoisotopic (exact) mass is 442 g/mol. The molecule has 1 heterocycles. The van der Waals surface area contributed by atoms with Crippen molar-refractivity contribution >= 4 is 23.1 Å². The van der Waals surface area contributed by atoms with E-state index in [4.69, 9.17) is 17.3 Å². The minimum absolute atomic E-state index is 0.282. The highest BCUT2D eigenvalue weighted by Crippen LogP contribution is 2.33. The van der Waals surface area contributed by atoms with Crippen molar-refractivity contribution in [2.24, 2.45) is 5.73 Å². The maximum Gasteiger partial charge on any atom is 0.146 e. The van der Waals surface area contributed by atoms with Crippen LogP contribution in [0.5, 0.6) is 0 Å². The number of nitrogens with zero attached hydrogens (tertiary/aromatic N) is 1. The molecule has 2 aromatic carbocycles. The SMILES string of the molecule is NC1CCC(Nc2cc(-c3ccc(F)c(NCc4cccc(F)c4)c3)c(Cl)cn2)CC1. The van der Waals surface area contributed by atoms with E-state index in [1.807, 2.05) is 6.07 Å². The van der Waals surface area contributed by atoms with Crippen molar-refractivity contribution in [1.82, 2.24) is 4.98 Å². The van der Waals surface area contributed by atoms with E-state index in [0.717, 1.165) is 48.2 Å². The number of halogens is 3. The molecule has 0 radical (unpaired) electrons. The molecule has 7 heteroatoms. The summed E-state index contributed by atoms with van der Waals surface area (Å²) in [7, 11) is 0. The first kappa shape index (κ1) is 21.5. The maximum atomic E-state index is 14.4. The maximum absolute atomic E-state index is 14.4. The van der Waals surface area contributed by atoms with Gasteiger partial charge in [0.05, 0.1) is 10.7 Å². The smallest absolute Gasteiger partial charge is 0.146 e. The Hall–Kier alpha value is -2.70. The fourth-order valence-corrected chi connectivity index (χ4v) is 4.10. The molecular weight excluding hydrogens is 418 g/mol. The summed E-state index contributed by atoms with van der Waals surface area (Å²) >= 11 is 6.41. The van der Waals surface area contributed by atoms with Gasteiger partial charge in [0, 0.05) is 30.4 Å². The fourth-order valence-electron chi connectivity index (χ4n) is 3.88. The molecule has 0 unspecified atom stereocenters. The van der Waals surface area contributed by atoms with Crippen molar-refractivity contribution in [2.75, 3.05) is 10.6 Å². The average Bonchev–Trinajstić information content (AvgIpc) is 2.76. The van der Waals surface area contributed by atoms with E-state index in [2.05, 4.69) is 15.6 Å². The second-order valence-corrected chi connectivity index (χ2v) is 8.39. The van der Waals surface area contributed by atoms with Gasteiger partial charge >= 0.3 is 0 Å². The molecule has 1 aromatic heterocycles. The van der Waals surface area contributed by atoms with Crippen molar-refractivity contribution in [3.8, 4) is 11.1 Å². The van der Waals surface area contributed by atoms with Crippen molar-refractivity contribution in [3.63, 3.8) is 0 Å². The number of benzene rings is 2. The summed E-state index contributed by atoms with van der Waals surface area (Å²) in [6.07, 6.45) is 5.61. The number of rotatable bonds is 6. The van der Waals surface area contributed by atoms with E-state index in [1.54, 1.807) is 30.5 Å². The molecule has 1 aliphatic rings. The minimum atomic E-state index is -0.387. The van der Waals surface area contributed by atoms with Crippen LogP contribution in [0.15, 0.2) is 54.7 Å². The first-order valence-electron chi connectivity index (χ1n) is 10.4. The molecule has 0 atom stereocenters. The summed E-state index contributed by atoms with van der Waals surface area (Å²) in [5.41, 5.74) is 8.57. The van der Waals surface area contributed by atoms with E-state index in [0.29, 0.717) is 23.3 Å². The normalized spacial score (nSPS) is 18.6. The van der Waals surface area contributed by atoms with E-state index >= 15 is 0 Å². The Bertz CT molecular complexity index is 1050. The van der Waals surface area contributed by atoms with E-state index in [1.165, 1.54) is 18.2 Å². The van der Waals surface area contributed by atoms with Crippen LogP contribution >= 0.6 is 11.6 Å². The van der Waals surface area contributed by atoms with Gasteiger partial charge in [-0.2, -0.15) is 0 Å². The number of nitrogens with one attached hydrogen (secondary N) is 2. The second-order valence-electron chi connectivity index (χ2n) is 7.98. The summed E-state index contributed by atoms with van der Waals surface area (Å²) in [6.45, 7) is 0.304. The highest BCUT2D eigenvalue weighted by molar-refractivity contribution is 6.33. The van der Waals surface area contributed by atoms with Crippen LogP contribution in [-0.2, 0) is 6.54 Å². The number of pyridine rings is 1. The van der Waals surface area contributed by atoms with Crippen LogP contribution in [0, 0.1) is 11.6 Å². The fraction of sp³-hybridized carbons (Fsp3) is 0.292. The molecule has 4 nitrogen and oxygen atoms in total. The summed E-state index contributed by atoms with van der Waals surface area (Å²) in [5.74, 6) is 0.0257. The standard InChI is InChI=1S/C24H25ClF2N4/c25-21-14-30-24(31-19-7-5-18(28)6-8-19)12-20(21)16-4-9-22(27)23(11-16)29-13-15-2-1-3-17(26)10-15/h1-4,9-12,14,18-19,29H,5-8,13,28H2,(H,30,31). The van der Waals surface area contributed by atoms with Gasteiger partial charge in [0.1, 0.15) is 17.5 Å². The summed E-state index contributed by atoms with van der Waals surface area (Å²) in [5, 5.41) is 6.99. The Balaban J connectivity index is 1.52. The first-order valence-corrected chi connectivity index (χ1v) is 10.8. The van der Waals surface area contributed by atoms with Crippen molar-refractivity contribution < 1.29 is 8.78 Å². The lowest BCUT2D eigenvalue weighted by atomic mass is 9.92. The Labute approximate surface area is 185 Å². The van der Waals surface area contributed by atoms with Crippen LogP contribution in [-0.4, -0.2) is 17.1 Å². The molecule has 162 valence electrons. The molecule has 0 aliphatic heterocycles.